The van der Waals surface area contributed by atoms with Gasteiger partial charge in [0, 0.05) is 19.3 Å². The highest BCUT2D eigenvalue weighted by Gasteiger charge is 2.16. The van der Waals surface area contributed by atoms with Crippen LogP contribution >= 0.6 is 15.9 Å². The molecular formula is C9H14BrN3. The van der Waals surface area contributed by atoms with Crippen molar-refractivity contribution in [1.82, 2.24) is 14.9 Å². The maximum atomic E-state index is 4.36. The molecule has 4 heteroatoms. The number of hydrogen-bond acceptors (Lipinski definition) is 2. The van der Waals surface area contributed by atoms with Gasteiger partial charge in [0.05, 0.1) is 6.54 Å². The molecule has 1 saturated carbocycles. The van der Waals surface area contributed by atoms with E-state index in [0.29, 0.717) is 0 Å². The molecule has 1 heterocycles. The van der Waals surface area contributed by atoms with E-state index in [4.69, 9.17) is 0 Å². The van der Waals surface area contributed by atoms with E-state index in [1.165, 1.54) is 19.3 Å². The molecule has 0 amide bonds. The minimum Gasteiger partial charge on any atom is -0.336 e. The van der Waals surface area contributed by atoms with Crippen molar-refractivity contribution in [1.29, 1.82) is 0 Å². The van der Waals surface area contributed by atoms with Crippen LogP contribution < -0.4 is 5.32 Å². The molecule has 0 atom stereocenters. The summed E-state index contributed by atoms with van der Waals surface area (Å²) >= 11 is 3.36. The van der Waals surface area contributed by atoms with Gasteiger partial charge in [0.15, 0.2) is 0 Å². The fourth-order valence-electron chi connectivity index (χ4n) is 1.48. The molecule has 13 heavy (non-hydrogen) atoms. The molecule has 1 aromatic heterocycles. The molecule has 2 rings (SSSR count). The van der Waals surface area contributed by atoms with Crippen LogP contribution in [0.15, 0.2) is 10.8 Å². The van der Waals surface area contributed by atoms with Crippen LogP contribution in [-0.2, 0) is 13.6 Å². The molecule has 1 aliphatic carbocycles. The molecule has 0 spiro atoms. The van der Waals surface area contributed by atoms with Crippen molar-refractivity contribution < 1.29 is 0 Å². The summed E-state index contributed by atoms with van der Waals surface area (Å²) in [7, 11) is 2.02. The lowest BCUT2D eigenvalue weighted by Crippen LogP contribution is -2.35. The molecule has 0 saturated heterocycles. The standard InChI is InChI=1S/C9H14BrN3/c1-13-6-8(10)12-9(13)5-11-7-3-2-4-7/h6-7,11H,2-5H2,1H3. The van der Waals surface area contributed by atoms with Crippen LogP contribution in [-0.4, -0.2) is 15.6 Å². The van der Waals surface area contributed by atoms with Crippen LogP contribution in [0.3, 0.4) is 0 Å². The Hall–Kier alpha value is -0.350. The highest BCUT2D eigenvalue weighted by atomic mass is 79.9. The fourth-order valence-corrected chi connectivity index (χ4v) is 1.99. The van der Waals surface area contributed by atoms with Crippen LogP contribution in [0.2, 0.25) is 0 Å². The number of halogens is 1. The first-order valence-electron chi connectivity index (χ1n) is 4.67. The van der Waals surface area contributed by atoms with Crippen molar-refractivity contribution in [3.8, 4) is 0 Å². The van der Waals surface area contributed by atoms with Crippen molar-refractivity contribution >= 4 is 15.9 Å². The van der Waals surface area contributed by atoms with Gasteiger partial charge in [-0.05, 0) is 28.8 Å². The summed E-state index contributed by atoms with van der Waals surface area (Å²) in [6.45, 7) is 0.882. The summed E-state index contributed by atoms with van der Waals surface area (Å²) in [5, 5.41) is 3.49. The van der Waals surface area contributed by atoms with Crippen molar-refractivity contribution in [3.05, 3.63) is 16.6 Å². The maximum Gasteiger partial charge on any atom is 0.124 e. The Morgan fingerprint density at radius 2 is 2.46 bits per heavy atom. The van der Waals surface area contributed by atoms with Gasteiger partial charge in [-0.1, -0.05) is 6.42 Å². The predicted octanol–water partition coefficient (Wildman–Crippen LogP) is 1.82. The third kappa shape index (κ3) is 2.11. The molecule has 0 bridgehead atoms. The van der Waals surface area contributed by atoms with Gasteiger partial charge in [-0.15, -0.1) is 0 Å². The van der Waals surface area contributed by atoms with E-state index in [9.17, 15) is 0 Å². The van der Waals surface area contributed by atoms with Gasteiger partial charge in [-0.25, -0.2) is 4.98 Å². The molecule has 0 unspecified atom stereocenters. The first-order chi connectivity index (χ1) is 6.25. The zero-order chi connectivity index (χ0) is 9.26. The number of nitrogens with one attached hydrogen (secondary N) is 1. The third-order valence-electron chi connectivity index (χ3n) is 2.60. The number of aryl methyl sites for hydroxylation is 1. The molecule has 0 aromatic carbocycles. The van der Waals surface area contributed by atoms with E-state index in [1.807, 2.05) is 13.2 Å². The fraction of sp³-hybridized carbons (Fsp3) is 0.667. The highest BCUT2D eigenvalue weighted by molar-refractivity contribution is 9.10. The molecule has 0 aliphatic heterocycles. The number of imidazole rings is 1. The van der Waals surface area contributed by atoms with E-state index < -0.39 is 0 Å². The zero-order valence-corrected chi connectivity index (χ0v) is 9.34. The number of rotatable bonds is 3. The number of nitrogens with zero attached hydrogens (tertiary/aromatic N) is 2. The summed E-state index contributed by atoms with van der Waals surface area (Å²) in [6.07, 6.45) is 6.01. The van der Waals surface area contributed by atoms with E-state index in [-0.39, 0.29) is 0 Å². The lowest BCUT2D eigenvalue weighted by molar-refractivity contribution is 0.334. The Kier molecular flexibility index (Phi) is 2.69. The van der Waals surface area contributed by atoms with Gasteiger partial charge in [0.25, 0.3) is 0 Å². The predicted molar refractivity (Wildman–Crippen MR) is 55.4 cm³/mol. The smallest absolute Gasteiger partial charge is 0.124 e. The topological polar surface area (TPSA) is 29.9 Å². The van der Waals surface area contributed by atoms with Crippen LogP contribution in [0.1, 0.15) is 25.1 Å². The van der Waals surface area contributed by atoms with Crippen molar-refractivity contribution in [3.63, 3.8) is 0 Å². The summed E-state index contributed by atoms with van der Waals surface area (Å²) in [5.74, 6) is 1.10. The normalized spacial score (nSPS) is 17.4. The SMILES string of the molecule is Cn1cc(Br)nc1CNC1CCC1. The summed E-state index contributed by atoms with van der Waals surface area (Å²) in [5.41, 5.74) is 0. The maximum absolute atomic E-state index is 4.36. The second-order valence-electron chi connectivity index (χ2n) is 3.60. The Morgan fingerprint density at radius 1 is 1.69 bits per heavy atom. The summed E-state index contributed by atoms with van der Waals surface area (Å²) in [6, 6.07) is 0.732. The van der Waals surface area contributed by atoms with E-state index in [0.717, 1.165) is 23.0 Å². The third-order valence-corrected chi connectivity index (χ3v) is 2.98. The molecule has 1 N–H and O–H groups in total. The van der Waals surface area contributed by atoms with Gasteiger partial charge < -0.3 is 9.88 Å². The molecule has 0 radical (unpaired) electrons. The Labute approximate surface area is 86.7 Å². The first-order valence-corrected chi connectivity index (χ1v) is 5.46. The van der Waals surface area contributed by atoms with E-state index >= 15 is 0 Å². The summed E-state index contributed by atoms with van der Waals surface area (Å²) in [4.78, 5) is 4.36. The van der Waals surface area contributed by atoms with Crippen LogP contribution in [0.25, 0.3) is 0 Å². The first kappa shape index (κ1) is 9.21. The quantitative estimate of drug-likeness (QED) is 0.878. The lowest BCUT2D eigenvalue weighted by atomic mass is 9.93. The van der Waals surface area contributed by atoms with Crippen LogP contribution in [0, 0.1) is 0 Å². The van der Waals surface area contributed by atoms with Crippen molar-refractivity contribution in [2.75, 3.05) is 0 Å². The van der Waals surface area contributed by atoms with Gasteiger partial charge in [-0.2, -0.15) is 0 Å². The Balaban J connectivity index is 1.89. The van der Waals surface area contributed by atoms with E-state index in [1.54, 1.807) is 0 Å². The van der Waals surface area contributed by atoms with E-state index in [2.05, 4.69) is 30.8 Å². The molecular weight excluding hydrogens is 230 g/mol. The number of hydrogen-bond donors (Lipinski definition) is 1. The second-order valence-corrected chi connectivity index (χ2v) is 4.41. The molecule has 1 fully saturated rings. The largest absolute Gasteiger partial charge is 0.336 e. The second kappa shape index (κ2) is 3.80. The lowest BCUT2D eigenvalue weighted by Gasteiger charge is -2.26. The molecule has 1 aromatic rings. The zero-order valence-electron chi connectivity index (χ0n) is 7.76. The van der Waals surface area contributed by atoms with Crippen LogP contribution in [0.5, 0.6) is 0 Å². The minimum absolute atomic E-state index is 0.732. The van der Waals surface area contributed by atoms with Crippen molar-refractivity contribution in [2.45, 2.75) is 31.8 Å². The van der Waals surface area contributed by atoms with Crippen LogP contribution in [0.4, 0.5) is 0 Å². The number of aromatic nitrogens is 2. The molecule has 3 nitrogen and oxygen atoms in total. The monoisotopic (exact) mass is 243 g/mol. The van der Waals surface area contributed by atoms with Gasteiger partial charge >= 0.3 is 0 Å². The van der Waals surface area contributed by atoms with Gasteiger partial charge in [-0.3, -0.25) is 0 Å². The Bertz CT molecular complexity index is 291. The average Bonchev–Trinajstić information content (AvgIpc) is 2.27. The minimum atomic E-state index is 0.732. The van der Waals surface area contributed by atoms with Gasteiger partial charge in [0.2, 0.25) is 0 Å². The molecule has 1 aliphatic rings. The molecule has 72 valence electrons. The summed E-state index contributed by atoms with van der Waals surface area (Å²) < 4.78 is 2.97. The highest BCUT2D eigenvalue weighted by Crippen LogP contribution is 2.18. The average molecular weight is 244 g/mol. The Morgan fingerprint density at radius 3 is 2.92 bits per heavy atom. The van der Waals surface area contributed by atoms with Crippen molar-refractivity contribution in [2.24, 2.45) is 7.05 Å². The van der Waals surface area contributed by atoms with Gasteiger partial charge in [0.1, 0.15) is 10.4 Å².